The van der Waals surface area contributed by atoms with Gasteiger partial charge in [-0.15, -0.1) is 0 Å². The second kappa shape index (κ2) is 4.79. The quantitative estimate of drug-likeness (QED) is 0.713. The van der Waals surface area contributed by atoms with Crippen molar-refractivity contribution in [2.75, 3.05) is 6.61 Å². The fraction of sp³-hybridized carbons (Fsp3) is 0.364. The molecule has 4 heteroatoms. The van der Waals surface area contributed by atoms with Gasteiger partial charge in [-0.05, 0) is 5.56 Å². The number of ether oxygens (including phenoxy) is 3. The van der Waals surface area contributed by atoms with Crippen molar-refractivity contribution in [2.24, 2.45) is 0 Å². The Labute approximate surface area is 87.8 Å². The predicted octanol–water partition coefficient (Wildman–Crippen LogP) is 2.09. The lowest BCUT2D eigenvalue weighted by atomic mass is 10.2. The van der Waals surface area contributed by atoms with Crippen molar-refractivity contribution in [3.05, 3.63) is 35.9 Å². The number of hydrogen-bond acceptors (Lipinski definition) is 4. The monoisotopic (exact) mass is 208 g/mol. The van der Waals surface area contributed by atoms with Crippen LogP contribution in [0.5, 0.6) is 0 Å². The van der Waals surface area contributed by atoms with E-state index in [0.717, 1.165) is 5.56 Å². The molecule has 0 aliphatic carbocycles. The van der Waals surface area contributed by atoms with Gasteiger partial charge in [0.15, 0.2) is 0 Å². The van der Waals surface area contributed by atoms with E-state index in [9.17, 15) is 4.79 Å². The first-order chi connectivity index (χ1) is 7.34. The van der Waals surface area contributed by atoms with Gasteiger partial charge in [-0.2, -0.15) is 0 Å². The Morgan fingerprint density at radius 3 is 2.87 bits per heavy atom. The first-order valence-corrected chi connectivity index (χ1v) is 4.83. The Hall–Kier alpha value is -1.55. The summed E-state index contributed by atoms with van der Waals surface area (Å²) in [5.74, 6) is 0. The van der Waals surface area contributed by atoms with Gasteiger partial charge in [0.25, 0.3) is 0 Å². The molecule has 0 amide bonds. The summed E-state index contributed by atoms with van der Waals surface area (Å²) in [7, 11) is 0. The van der Waals surface area contributed by atoms with E-state index in [1.54, 1.807) is 0 Å². The molecule has 1 fully saturated rings. The molecule has 1 aromatic rings. The highest BCUT2D eigenvalue weighted by molar-refractivity contribution is 5.60. The molecule has 1 aliphatic rings. The molecule has 1 aromatic carbocycles. The van der Waals surface area contributed by atoms with Crippen LogP contribution in [0.2, 0.25) is 0 Å². The summed E-state index contributed by atoms with van der Waals surface area (Å²) < 4.78 is 14.9. The van der Waals surface area contributed by atoms with Crippen molar-refractivity contribution in [3.63, 3.8) is 0 Å². The van der Waals surface area contributed by atoms with Crippen LogP contribution in [0.15, 0.2) is 30.3 Å². The lowest BCUT2D eigenvalue weighted by Crippen LogP contribution is -2.29. The molecule has 2 rings (SSSR count). The van der Waals surface area contributed by atoms with Crippen LogP contribution >= 0.6 is 0 Å². The van der Waals surface area contributed by atoms with E-state index in [4.69, 9.17) is 9.47 Å². The Morgan fingerprint density at radius 2 is 2.13 bits per heavy atom. The molecule has 0 spiro atoms. The summed E-state index contributed by atoms with van der Waals surface area (Å²) in [6.45, 7) is 0.803. The van der Waals surface area contributed by atoms with Gasteiger partial charge in [0.2, 0.25) is 6.29 Å². The van der Waals surface area contributed by atoms with E-state index in [1.807, 2.05) is 30.3 Å². The largest absolute Gasteiger partial charge is 0.510 e. The van der Waals surface area contributed by atoms with E-state index in [-0.39, 0.29) is 0 Å². The second-order valence-electron chi connectivity index (χ2n) is 3.23. The summed E-state index contributed by atoms with van der Waals surface area (Å²) in [6, 6.07) is 9.74. The number of cyclic esters (lactones) is 2. The predicted molar refractivity (Wildman–Crippen MR) is 52.1 cm³/mol. The van der Waals surface area contributed by atoms with Crippen molar-refractivity contribution >= 4 is 6.16 Å². The van der Waals surface area contributed by atoms with Crippen molar-refractivity contribution in [3.8, 4) is 0 Å². The van der Waals surface area contributed by atoms with Gasteiger partial charge < -0.3 is 14.2 Å². The zero-order valence-corrected chi connectivity index (χ0v) is 8.22. The summed E-state index contributed by atoms with van der Waals surface area (Å²) in [4.78, 5) is 10.8. The topological polar surface area (TPSA) is 44.8 Å². The molecule has 0 bridgehead atoms. The maximum Gasteiger partial charge on any atom is 0.510 e. The third-order valence-electron chi connectivity index (χ3n) is 2.08. The molecule has 0 aromatic heterocycles. The summed E-state index contributed by atoms with van der Waals surface area (Å²) in [6.07, 6.45) is -0.552. The number of carbonyl (C=O) groups is 1. The average Bonchev–Trinajstić information content (AvgIpc) is 2.28. The Balaban J connectivity index is 1.80. The minimum absolute atomic E-state index is 0.359. The average molecular weight is 208 g/mol. The molecule has 0 saturated carbocycles. The van der Waals surface area contributed by atoms with Gasteiger partial charge in [0.05, 0.1) is 6.61 Å². The lowest BCUT2D eigenvalue weighted by molar-refractivity contribution is -0.160. The van der Waals surface area contributed by atoms with Crippen LogP contribution in [0.1, 0.15) is 12.0 Å². The van der Waals surface area contributed by atoms with E-state index in [1.165, 1.54) is 0 Å². The minimum Gasteiger partial charge on any atom is -0.434 e. The maximum atomic E-state index is 10.8. The molecule has 1 heterocycles. The first kappa shape index (κ1) is 9.98. The lowest BCUT2D eigenvalue weighted by Gasteiger charge is -2.22. The minimum atomic E-state index is -0.653. The van der Waals surface area contributed by atoms with Gasteiger partial charge in [0.1, 0.15) is 6.61 Å². The van der Waals surface area contributed by atoms with Crippen LogP contribution < -0.4 is 0 Å². The van der Waals surface area contributed by atoms with Crippen LogP contribution in [0.25, 0.3) is 0 Å². The van der Waals surface area contributed by atoms with E-state index in [0.29, 0.717) is 19.6 Å². The Bertz CT molecular complexity index is 323. The molecule has 0 radical (unpaired) electrons. The van der Waals surface area contributed by atoms with Crippen LogP contribution in [-0.2, 0) is 20.8 Å². The third kappa shape index (κ3) is 2.95. The highest BCUT2D eigenvalue weighted by atomic mass is 16.8. The van der Waals surface area contributed by atoms with Crippen LogP contribution in [0.4, 0.5) is 4.79 Å². The van der Waals surface area contributed by atoms with Crippen molar-refractivity contribution in [1.82, 2.24) is 0 Å². The molecule has 1 saturated heterocycles. The molecule has 4 nitrogen and oxygen atoms in total. The highest BCUT2D eigenvalue weighted by Crippen LogP contribution is 2.12. The second-order valence-corrected chi connectivity index (χ2v) is 3.23. The van der Waals surface area contributed by atoms with Crippen LogP contribution in [0, 0.1) is 0 Å². The molecule has 0 N–H and O–H groups in total. The number of benzene rings is 1. The smallest absolute Gasteiger partial charge is 0.434 e. The fourth-order valence-corrected chi connectivity index (χ4v) is 1.32. The normalized spacial score (nSPS) is 20.5. The number of hydrogen-bond donors (Lipinski definition) is 0. The molecule has 1 aliphatic heterocycles. The Kier molecular flexibility index (Phi) is 3.19. The van der Waals surface area contributed by atoms with Crippen molar-refractivity contribution < 1.29 is 19.0 Å². The fourth-order valence-electron chi connectivity index (χ4n) is 1.32. The van der Waals surface area contributed by atoms with Gasteiger partial charge in [0, 0.05) is 6.42 Å². The highest BCUT2D eigenvalue weighted by Gasteiger charge is 2.21. The number of rotatable bonds is 3. The number of carbonyl (C=O) groups excluding carboxylic acids is 1. The van der Waals surface area contributed by atoms with E-state index >= 15 is 0 Å². The molecule has 1 unspecified atom stereocenters. The van der Waals surface area contributed by atoms with Crippen molar-refractivity contribution in [1.29, 1.82) is 0 Å². The van der Waals surface area contributed by atoms with E-state index in [2.05, 4.69) is 4.74 Å². The van der Waals surface area contributed by atoms with Gasteiger partial charge >= 0.3 is 6.16 Å². The van der Waals surface area contributed by atoms with Gasteiger partial charge in [-0.3, -0.25) is 0 Å². The van der Waals surface area contributed by atoms with Gasteiger partial charge in [-0.25, -0.2) is 4.79 Å². The zero-order chi connectivity index (χ0) is 10.5. The summed E-state index contributed by atoms with van der Waals surface area (Å²) in [5, 5.41) is 0. The van der Waals surface area contributed by atoms with Crippen molar-refractivity contribution in [2.45, 2.75) is 19.3 Å². The van der Waals surface area contributed by atoms with Gasteiger partial charge in [-0.1, -0.05) is 30.3 Å². The molecular formula is C11H12O4. The molecule has 80 valence electrons. The van der Waals surface area contributed by atoms with Crippen LogP contribution in [0.3, 0.4) is 0 Å². The maximum absolute atomic E-state index is 10.8. The molecule has 15 heavy (non-hydrogen) atoms. The third-order valence-corrected chi connectivity index (χ3v) is 2.08. The summed E-state index contributed by atoms with van der Waals surface area (Å²) in [5.41, 5.74) is 1.06. The summed E-state index contributed by atoms with van der Waals surface area (Å²) >= 11 is 0. The molecular weight excluding hydrogens is 196 g/mol. The Morgan fingerprint density at radius 1 is 1.33 bits per heavy atom. The SMILES string of the molecule is O=C1OCCC(OCc2ccccc2)O1. The standard InChI is InChI=1S/C11H12O4/c12-11-13-7-6-10(15-11)14-8-9-4-2-1-3-5-9/h1-5,10H,6-8H2. The van der Waals surface area contributed by atoms with Crippen LogP contribution in [-0.4, -0.2) is 19.1 Å². The van der Waals surface area contributed by atoms with E-state index < -0.39 is 12.4 Å². The molecule has 1 atom stereocenters. The first-order valence-electron chi connectivity index (χ1n) is 4.83. The zero-order valence-electron chi connectivity index (χ0n) is 8.22.